The number of carbonyl (C=O) groups excluding carboxylic acids is 3. The van der Waals surface area contributed by atoms with E-state index in [9.17, 15) is 34.8 Å². The van der Waals surface area contributed by atoms with Gasteiger partial charge in [-0.1, -0.05) is 6.08 Å². The standard InChI is InChI=1S/C19H21NO7/c20-18(26)14-11(22)6-9-5-8-4-7-2-1-3-10(21)12(7)15(23)13(8)16(24)19(9,27)17(14)25/h1,3,7-9,11,14,21-22,24,27H,2,4-6H2,(H2,20,26). The second-order valence-electron chi connectivity index (χ2n) is 7.90. The molecule has 0 saturated heterocycles. The van der Waals surface area contributed by atoms with Crippen molar-refractivity contribution < 1.29 is 34.8 Å². The lowest BCUT2D eigenvalue weighted by atomic mass is 9.56. The molecule has 0 spiro atoms. The van der Waals surface area contributed by atoms with Crippen LogP contribution in [-0.4, -0.2) is 49.6 Å². The Hall–Kier alpha value is -2.45. The van der Waals surface area contributed by atoms with Crippen LogP contribution in [0.5, 0.6) is 0 Å². The van der Waals surface area contributed by atoms with Crippen LogP contribution in [0.15, 0.2) is 34.8 Å². The average Bonchev–Trinajstić information content (AvgIpc) is 2.57. The van der Waals surface area contributed by atoms with E-state index in [2.05, 4.69) is 0 Å². The number of ketones is 2. The minimum Gasteiger partial charge on any atom is -0.508 e. The van der Waals surface area contributed by atoms with Crippen LogP contribution in [0.1, 0.15) is 25.7 Å². The Morgan fingerprint density at radius 3 is 2.48 bits per heavy atom. The Bertz CT molecular complexity index is 854. The molecule has 0 radical (unpaired) electrons. The number of amides is 1. The fraction of sp³-hybridized carbons (Fsp3) is 0.526. The zero-order valence-electron chi connectivity index (χ0n) is 14.5. The first-order chi connectivity index (χ1) is 12.7. The molecule has 0 aromatic heterocycles. The lowest BCUT2D eigenvalue weighted by Crippen LogP contribution is -2.63. The average molecular weight is 375 g/mol. The van der Waals surface area contributed by atoms with Crippen molar-refractivity contribution >= 4 is 17.5 Å². The Morgan fingerprint density at radius 1 is 1.11 bits per heavy atom. The summed E-state index contributed by atoms with van der Waals surface area (Å²) in [7, 11) is 0. The molecule has 1 amide bonds. The van der Waals surface area contributed by atoms with Gasteiger partial charge in [0, 0.05) is 17.1 Å². The Morgan fingerprint density at radius 2 is 1.81 bits per heavy atom. The molecule has 0 aromatic carbocycles. The molecule has 144 valence electrons. The summed E-state index contributed by atoms with van der Waals surface area (Å²) in [6.07, 6.45) is 3.04. The van der Waals surface area contributed by atoms with Gasteiger partial charge < -0.3 is 26.2 Å². The molecule has 0 bridgehead atoms. The molecule has 2 saturated carbocycles. The summed E-state index contributed by atoms with van der Waals surface area (Å²) < 4.78 is 0. The summed E-state index contributed by atoms with van der Waals surface area (Å²) in [6.45, 7) is 0. The first kappa shape index (κ1) is 17.9. The van der Waals surface area contributed by atoms with Crippen LogP contribution >= 0.6 is 0 Å². The number of aliphatic hydroxyl groups excluding tert-OH is 3. The quantitative estimate of drug-likeness (QED) is 0.402. The summed E-state index contributed by atoms with van der Waals surface area (Å²) in [6, 6.07) is 0. The van der Waals surface area contributed by atoms with Crippen LogP contribution in [0.3, 0.4) is 0 Å². The molecular weight excluding hydrogens is 354 g/mol. The van der Waals surface area contributed by atoms with Gasteiger partial charge in [0.25, 0.3) is 0 Å². The zero-order valence-corrected chi connectivity index (χ0v) is 14.5. The second-order valence-corrected chi connectivity index (χ2v) is 7.90. The van der Waals surface area contributed by atoms with Crippen LogP contribution in [0.4, 0.5) is 0 Å². The highest BCUT2D eigenvalue weighted by Crippen LogP contribution is 2.53. The molecule has 4 rings (SSSR count). The summed E-state index contributed by atoms with van der Waals surface area (Å²) >= 11 is 0. The topological polar surface area (TPSA) is 158 Å². The number of carbonyl (C=O) groups is 3. The maximum absolute atomic E-state index is 13.0. The zero-order chi connectivity index (χ0) is 19.7. The van der Waals surface area contributed by atoms with Crippen molar-refractivity contribution in [2.24, 2.45) is 29.4 Å². The number of fused-ring (bicyclic) bond motifs is 3. The number of hydrogen-bond donors (Lipinski definition) is 5. The van der Waals surface area contributed by atoms with Gasteiger partial charge in [0.05, 0.1) is 6.10 Å². The molecule has 0 aliphatic heterocycles. The van der Waals surface area contributed by atoms with Crippen LogP contribution in [0, 0.1) is 23.7 Å². The normalized spacial score (nSPS) is 41.2. The Balaban J connectivity index is 1.85. The molecular formula is C19H21NO7. The minimum absolute atomic E-state index is 0.0869. The molecule has 27 heavy (non-hydrogen) atoms. The van der Waals surface area contributed by atoms with Crippen molar-refractivity contribution in [3.05, 3.63) is 34.8 Å². The van der Waals surface area contributed by atoms with Crippen molar-refractivity contribution in [2.75, 3.05) is 0 Å². The van der Waals surface area contributed by atoms with E-state index in [-0.39, 0.29) is 35.7 Å². The molecule has 6 N–H and O–H groups in total. The van der Waals surface area contributed by atoms with Crippen molar-refractivity contribution in [2.45, 2.75) is 37.4 Å². The largest absolute Gasteiger partial charge is 0.508 e. The van der Waals surface area contributed by atoms with Crippen LogP contribution in [0.2, 0.25) is 0 Å². The van der Waals surface area contributed by atoms with Crippen LogP contribution in [-0.2, 0) is 14.4 Å². The van der Waals surface area contributed by atoms with Gasteiger partial charge >= 0.3 is 0 Å². The van der Waals surface area contributed by atoms with E-state index < -0.39 is 52.7 Å². The fourth-order valence-electron chi connectivity index (χ4n) is 5.24. The van der Waals surface area contributed by atoms with Gasteiger partial charge in [-0.2, -0.15) is 0 Å². The first-order valence-corrected chi connectivity index (χ1v) is 8.99. The van der Waals surface area contributed by atoms with Gasteiger partial charge in [0.1, 0.15) is 17.4 Å². The first-order valence-electron chi connectivity index (χ1n) is 8.99. The number of primary amides is 1. The third-order valence-corrected chi connectivity index (χ3v) is 6.50. The van der Waals surface area contributed by atoms with Gasteiger partial charge in [-0.25, -0.2) is 0 Å². The number of Topliss-reactive ketones (excluding diaryl/α,β-unsaturated/α-hetero) is 2. The minimum atomic E-state index is -2.44. The predicted molar refractivity (Wildman–Crippen MR) is 91.0 cm³/mol. The van der Waals surface area contributed by atoms with E-state index in [0.717, 1.165) is 0 Å². The summed E-state index contributed by atoms with van der Waals surface area (Å²) in [5.41, 5.74) is 2.84. The van der Waals surface area contributed by atoms with Gasteiger partial charge in [-0.15, -0.1) is 0 Å². The van der Waals surface area contributed by atoms with Crippen molar-refractivity contribution in [3.63, 3.8) is 0 Å². The molecule has 0 aromatic rings. The van der Waals surface area contributed by atoms with E-state index in [0.29, 0.717) is 12.8 Å². The molecule has 4 aliphatic carbocycles. The van der Waals surface area contributed by atoms with Crippen molar-refractivity contribution in [1.82, 2.24) is 0 Å². The highest BCUT2D eigenvalue weighted by atomic mass is 16.3. The maximum atomic E-state index is 13.0. The van der Waals surface area contributed by atoms with Crippen molar-refractivity contribution in [3.8, 4) is 0 Å². The number of nitrogens with two attached hydrogens (primary N) is 1. The van der Waals surface area contributed by atoms with E-state index in [1.54, 1.807) is 6.08 Å². The molecule has 6 unspecified atom stereocenters. The van der Waals surface area contributed by atoms with Gasteiger partial charge in [0.15, 0.2) is 17.2 Å². The van der Waals surface area contributed by atoms with Gasteiger partial charge in [-0.05, 0) is 43.6 Å². The summed E-state index contributed by atoms with van der Waals surface area (Å²) in [4.78, 5) is 37.4. The third kappa shape index (κ3) is 2.26. The fourth-order valence-corrected chi connectivity index (χ4v) is 5.24. The van der Waals surface area contributed by atoms with E-state index >= 15 is 0 Å². The van der Waals surface area contributed by atoms with Crippen LogP contribution in [0.25, 0.3) is 0 Å². The lowest BCUT2D eigenvalue weighted by molar-refractivity contribution is -0.168. The van der Waals surface area contributed by atoms with E-state index in [4.69, 9.17) is 5.73 Å². The molecule has 6 atom stereocenters. The molecule has 0 heterocycles. The van der Waals surface area contributed by atoms with Gasteiger partial charge in [-0.3, -0.25) is 14.4 Å². The van der Waals surface area contributed by atoms with E-state index in [1.807, 2.05) is 0 Å². The Labute approximate surface area is 154 Å². The summed E-state index contributed by atoms with van der Waals surface area (Å²) in [5.74, 6) is -6.78. The number of rotatable bonds is 1. The van der Waals surface area contributed by atoms with Crippen LogP contribution < -0.4 is 5.73 Å². The second kappa shape index (κ2) is 5.77. The number of allylic oxidation sites excluding steroid dienone is 4. The number of hydrogen-bond acceptors (Lipinski definition) is 7. The molecule has 8 heteroatoms. The SMILES string of the molecule is NC(=O)C1C(=O)C2(O)C(O)=C3C(=O)C4=C(O)C=CCC4CC3CC2CC1O. The smallest absolute Gasteiger partial charge is 0.230 e. The molecule has 2 fully saturated rings. The predicted octanol–water partition coefficient (Wildman–Crippen LogP) is -0.0381. The lowest BCUT2D eigenvalue weighted by Gasteiger charge is -2.49. The highest BCUT2D eigenvalue weighted by Gasteiger charge is 2.62. The van der Waals surface area contributed by atoms with Crippen molar-refractivity contribution in [1.29, 1.82) is 0 Å². The highest BCUT2D eigenvalue weighted by molar-refractivity contribution is 6.13. The Kier molecular flexibility index (Phi) is 3.83. The monoisotopic (exact) mass is 375 g/mol. The third-order valence-electron chi connectivity index (χ3n) is 6.50. The molecule has 8 nitrogen and oxygen atoms in total. The number of aliphatic hydroxyl groups is 4. The van der Waals surface area contributed by atoms with E-state index in [1.165, 1.54) is 6.08 Å². The maximum Gasteiger partial charge on any atom is 0.230 e. The van der Waals surface area contributed by atoms with Gasteiger partial charge in [0.2, 0.25) is 5.91 Å². The summed E-state index contributed by atoms with van der Waals surface area (Å²) in [5, 5.41) is 42.1. The molecule has 4 aliphatic rings.